The van der Waals surface area contributed by atoms with Gasteiger partial charge >= 0.3 is 5.69 Å². The van der Waals surface area contributed by atoms with Gasteiger partial charge < -0.3 is 4.74 Å². The van der Waals surface area contributed by atoms with Crippen molar-refractivity contribution in [3.05, 3.63) is 32.8 Å². The maximum Gasteiger partial charge on any atom is 0.321 e. The second-order valence-corrected chi connectivity index (χ2v) is 2.86. The van der Waals surface area contributed by atoms with Crippen molar-refractivity contribution in [1.82, 2.24) is 0 Å². The van der Waals surface area contributed by atoms with Gasteiger partial charge in [-0.15, -0.1) is 0 Å². The molecule has 0 amide bonds. The van der Waals surface area contributed by atoms with Crippen molar-refractivity contribution in [2.24, 2.45) is 0 Å². The molecule has 6 heteroatoms. The highest BCUT2D eigenvalue weighted by atomic mass is 35.5. The summed E-state index contributed by atoms with van der Waals surface area (Å²) in [6.45, 7) is 0. The van der Waals surface area contributed by atoms with Crippen LogP contribution in [0.4, 0.5) is 5.69 Å². The van der Waals surface area contributed by atoms with E-state index in [1.807, 2.05) is 0 Å². The molecule has 5 nitrogen and oxygen atoms in total. The van der Waals surface area contributed by atoms with Gasteiger partial charge in [0.2, 0.25) is 0 Å². The topological polar surface area (TPSA) is 69.4 Å². The second-order valence-electron chi connectivity index (χ2n) is 2.42. The first-order valence-electron chi connectivity index (χ1n) is 3.57. The Kier molecular flexibility index (Phi) is 3.03. The van der Waals surface area contributed by atoms with E-state index < -0.39 is 4.92 Å². The van der Waals surface area contributed by atoms with E-state index in [2.05, 4.69) is 0 Å². The minimum Gasteiger partial charge on any atom is -0.490 e. The van der Waals surface area contributed by atoms with E-state index in [1.165, 1.54) is 19.2 Å². The standard InChI is InChI=1S/C8H6ClNO4/c1-14-7-3-6(9)2-5(4-11)8(7)10(12)13/h2-4H,1H3. The molecule has 1 aromatic carbocycles. The largest absolute Gasteiger partial charge is 0.490 e. The van der Waals surface area contributed by atoms with Crippen LogP contribution >= 0.6 is 11.6 Å². The Morgan fingerprint density at radius 1 is 1.57 bits per heavy atom. The van der Waals surface area contributed by atoms with Crippen molar-refractivity contribution in [1.29, 1.82) is 0 Å². The monoisotopic (exact) mass is 215 g/mol. The summed E-state index contributed by atoms with van der Waals surface area (Å²) in [6.07, 6.45) is 0.368. The van der Waals surface area contributed by atoms with Crippen molar-refractivity contribution in [3.63, 3.8) is 0 Å². The number of nitro groups is 1. The Hall–Kier alpha value is -1.62. The van der Waals surface area contributed by atoms with Crippen LogP contribution in [0.3, 0.4) is 0 Å². The Bertz CT molecular complexity index is 391. The van der Waals surface area contributed by atoms with Gasteiger partial charge in [0, 0.05) is 11.1 Å². The molecule has 0 heterocycles. The van der Waals surface area contributed by atoms with Crippen LogP contribution in [-0.2, 0) is 0 Å². The molecule has 0 spiro atoms. The molecule has 0 radical (unpaired) electrons. The SMILES string of the molecule is COc1cc(Cl)cc(C=O)c1[N+](=O)[O-]. The van der Waals surface area contributed by atoms with Crippen LogP contribution in [0.5, 0.6) is 5.75 Å². The molecule has 0 unspecified atom stereocenters. The van der Waals surface area contributed by atoms with E-state index >= 15 is 0 Å². The maximum absolute atomic E-state index is 10.6. The van der Waals surface area contributed by atoms with Crippen molar-refractivity contribution in [2.45, 2.75) is 0 Å². The van der Waals surface area contributed by atoms with Gasteiger partial charge in [-0.2, -0.15) is 0 Å². The smallest absolute Gasteiger partial charge is 0.321 e. The number of methoxy groups -OCH3 is 1. The predicted octanol–water partition coefficient (Wildman–Crippen LogP) is 2.07. The Morgan fingerprint density at radius 3 is 2.64 bits per heavy atom. The lowest BCUT2D eigenvalue weighted by Crippen LogP contribution is -1.98. The Labute approximate surface area is 84.4 Å². The van der Waals surface area contributed by atoms with Gasteiger partial charge in [-0.05, 0) is 6.07 Å². The summed E-state index contributed by atoms with van der Waals surface area (Å²) < 4.78 is 4.74. The number of halogens is 1. The van der Waals surface area contributed by atoms with Crippen LogP contribution in [0.15, 0.2) is 12.1 Å². The van der Waals surface area contributed by atoms with Crippen LogP contribution < -0.4 is 4.74 Å². The number of aldehydes is 1. The van der Waals surface area contributed by atoms with Gasteiger partial charge in [-0.25, -0.2) is 0 Å². The molecule has 14 heavy (non-hydrogen) atoms. The molecule has 1 aromatic rings. The molecule has 0 fully saturated rings. The number of ether oxygens (including phenoxy) is 1. The van der Waals surface area contributed by atoms with Crippen LogP contribution in [0.2, 0.25) is 5.02 Å². The third-order valence-corrected chi connectivity index (χ3v) is 1.82. The summed E-state index contributed by atoms with van der Waals surface area (Å²) in [4.78, 5) is 20.4. The molecule has 0 atom stereocenters. The van der Waals surface area contributed by atoms with E-state index in [9.17, 15) is 14.9 Å². The van der Waals surface area contributed by atoms with Crippen LogP contribution in [-0.4, -0.2) is 18.3 Å². The van der Waals surface area contributed by atoms with Crippen molar-refractivity contribution in [3.8, 4) is 5.75 Å². The fraction of sp³-hybridized carbons (Fsp3) is 0.125. The molecule has 0 saturated carbocycles. The minimum absolute atomic E-state index is 0.0235. The van der Waals surface area contributed by atoms with Gasteiger partial charge in [0.05, 0.1) is 17.6 Å². The summed E-state index contributed by atoms with van der Waals surface area (Å²) in [5, 5.41) is 10.8. The summed E-state index contributed by atoms with van der Waals surface area (Å²) >= 11 is 5.62. The van der Waals surface area contributed by atoms with Crippen molar-refractivity contribution in [2.75, 3.05) is 7.11 Å². The van der Waals surface area contributed by atoms with Crippen LogP contribution in [0.1, 0.15) is 10.4 Å². The van der Waals surface area contributed by atoms with Gasteiger partial charge in [0.1, 0.15) is 0 Å². The number of nitrogens with zero attached hydrogens (tertiary/aromatic N) is 1. The van der Waals surface area contributed by atoms with E-state index in [1.54, 1.807) is 0 Å². The van der Waals surface area contributed by atoms with Crippen LogP contribution in [0, 0.1) is 10.1 Å². The molecule has 0 aliphatic carbocycles. The molecule has 0 saturated heterocycles. The third kappa shape index (κ3) is 1.82. The average Bonchev–Trinajstić information content (AvgIpc) is 2.15. The summed E-state index contributed by atoms with van der Waals surface area (Å²) in [5.41, 5.74) is -0.466. The lowest BCUT2D eigenvalue weighted by molar-refractivity contribution is -0.386. The maximum atomic E-state index is 10.6. The number of carbonyl (C=O) groups excluding carboxylic acids is 1. The minimum atomic E-state index is -0.682. The second kappa shape index (κ2) is 4.06. The molecular formula is C8H6ClNO4. The lowest BCUT2D eigenvalue weighted by atomic mass is 10.2. The average molecular weight is 216 g/mol. The highest BCUT2D eigenvalue weighted by molar-refractivity contribution is 6.31. The molecule has 0 aliphatic heterocycles. The van der Waals surface area contributed by atoms with Gasteiger partial charge in [0.25, 0.3) is 0 Å². The fourth-order valence-corrected chi connectivity index (χ4v) is 1.25. The zero-order valence-corrected chi connectivity index (χ0v) is 7.95. The zero-order valence-electron chi connectivity index (χ0n) is 7.19. The van der Waals surface area contributed by atoms with Gasteiger partial charge in [-0.3, -0.25) is 14.9 Å². The van der Waals surface area contributed by atoms with Crippen molar-refractivity contribution < 1.29 is 14.5 Å². The highest BCUT2D eigenvalue weighted by Gasteiger charge is 2.21. The number of benzene rings is 1. The lowest BCUT2D eigenvalue weighted by Gasteiger charge is -2.03. The van der Waals surface area contributed by atoms with E-state index in [-0.39, 0.29) is 22.0 Å². The first-order chi connectivity index (χ1) is 6.60. The number of nitro benzene ring substituents is 1. The number of hydrogen-bond donors (Lipinski definition) is 0. The zero-order chi connectivity index (χ0) is 10.7. The quantitative estimate of drug-likeness (QED) is 0.440. The number of carbonyl (C=O) groups is 1. The first-order valence-corrected chi connectivity index (χ1v) is 3.95. The van der Waals surface area contributed by atoms with Crippen LogP contribution in [0.25, 0.3) is 0 Å². The summed E-state index contributed by atoms with van der Waals surface area (Å²) in [5.74, 6) is -0.0235. The van der Waals surface area contributed by atoms with Gasteiger partial charge in [0.15, 0.2) is 12.0 Å². The molecule has 0 aromatic heterocycles. The fourth-order valence-electron chi connectivity index (χ4n) is 1.04. The molecule has 0 bridgehead atoms. The third-order valence-electron chi connectivity index (χ3n) is 1.60. The Morgan fingerprint density at radius 2 is 2.21 bits per heavy atom. The number of hydrogen-bond acceptors (Lipinski definition) is 4. The molecular weight excluding hydrogens is 210 g/mol. The molecule has 0 N–H and O–H groups in total. The Balaban J connectivity index is 3.48. The summed E-state index contributed by atoms with van der Waals surface area (Å²) in [7, 11) is 1.27. The first kappa shape index (κ1) is 10.5. The summed E-state index contributed by atoms with van der Waals surface area (Å²) in [6, 6.07) is 2.50. The van der Waals surface area contributed by atoms with E-state index in [0.717, 1.165) is 0 Å². The normalized spacial score (nSPS) is 9.57. The molecule has 74 valence electrons. The highest BCUT2D eigenvalue weighted by Crippen LogP contribution is 2.32. The van der Waals surface area contributed by atoms with E-state index in [0.29, 0.717) is 6.29 Å². The molecule has 1 rings (SSSR count). The van der Waals surface area contributed by atoms with E-state index in [4.69, 9.17) is 16.3 Å². The predicted molar refractivity (Wildman–Crippen MR) is 50.0 cm³/mol. The number of rotatable bonds is 3. The van der Waals surface area contributed by atoms with Gasteiger partial charge in [-0.1, -0.05) is 11.6 Å². The van der Waals surface area contributed by atoms with Crippen molar-refractivity contribution >= 4 is 23.6 Å². The molecule has 0 aliphatic rings.